The second-order valence-corrected chi connectivity index (χ2v) is 5.89. The monoisotopic (exact) mass is 333 g/mol. The summed E-state index contributed by atoms with van der Waals surface area (Å²) in [6, 6.07) is 14.6. The molecule has 25 heavy (non-hydrogen) atoms. The molecule has 2 aromatic carbocycles. The van der Waals surface area contributed by atoms with E-state index in [9.17, 15) is 4.39 Å². The molecule has 1 N–H and O–H groups in total. The molecule has 0 atom stereocenters. The minimum absolute atomic E-state index is 0.252. The normalized spacial score (nSPS) is 11.4. The van der Waals surface area contributed by atoms with Crippen LogP contribution in [0.2, 0.25) is 0 Å². The van der Waals surface area contributed by atoms with Gasteiger partial charge in [0.2, 0.25) is 0 Å². The maximum atomic E-state index is 13.3. The van der Waals surface area contributed by atoms with Crippen LogP contribution >= 0.6 is 0 Å². The molecule has 3 nitrogen and oxygen atoms in total. The summed E-state index contributed by atoms with van der Waals surface area (Å²) in [5.74, 6) is 0.480. The third-order valence-corrected chi connectivity index (χ3v) is 4.03. The first kappa shape index (κ1) is 16.8. The van der Waals surface area contributed by atoms with Gasteiger partial charge in [-0.05, 0) is 61.7 Å². The van der Waals surface area contributed by atoms with E-state index >= 15 is 0 Å². The van der Waals surface area contributed by atoms with Crippen molar-refractivity contribution in [3.63, 3.8) is 0 Å². The van der Waals surface area contributed by atoms with E-state index in [0.717, 1.165) is 33.9 Å². The summed E-state index contributed by atoms with van der Waals surface area (Å²) in [6.07, 6.45) is 3.55. The molecule has 0 spiro atoms. The molecular formula is C21H20FN3. The summed E-state index contributed by atoms with van der Waals surface area (Å²) in [7, 11) is 0. The largest absolute Gasteiger partial charge is 0.340 e. The van der Waals surface area contributed by atoms with Gasteiger partial charge in [0.05, 0.1) is 5.69 Å². The maximum absolute atomic E-state index is 13.3. The van der Waals surface area contributed by atoms with Crippen LogP contribution in [-0.2, 0) is 0 Å². The lowest BCUT2D eigenvalue weighted by molar-refractivity contribution is 0.627. The van der Waals surface area contributed by atoms with Gasteiger partial charge in [0, 0.05) is 11.3 Å². The van der Waals surface area contributed by atoms with E-state index in [1.54, 1.807) is 18.5 Å². The van der Waals surface area contributed by atoms with Crippen molar-refractivity contribution in [2.75, 3.05) is 5.32 Å². The number of rotatable bonds is 4. The van der Waals surface area contributed by atoms with E-state index in [-0.39, 0.29) is 5.82 Å². The second-order valence-electron chi connectivity index (χ2n) is 5.89. The summed E-state index contributed by atoms with van der Waals surface area (Å²) in [4.78, 5) is 8.78. The molecule has 0 saturated heterocycles. The van der Waals surface area contributed by atoms with Gasteiger partial charge in [-0.15, -0.1) is 0 Å². The SMILES string of the molecule is CC=C(c1ccc(F)cc1)c1c(C)ncnc1Nc1cccc(C)c1. The van der Waals surface area contributed by atoms with E-state index in [1.807, 2.05) is 45.0 Å². The number of hydrogen-bond acceptors (Lipinski definition) is 3. The number of aryl methyl sites for hydroxylation is 2. The fourth-order valence-corrected chi connectivity index (χ4v) is 2.84. The van der Waals surface area contributed by atoms with E-state index in [1.165, 1.54) is 17.7 Å². The number of aromatic nitrogens is 2. The first-order valence-electron chi connectivity index (χ1n) is 8.16. The fourth-order valence-electron chi connectivity index (χ4n) is 2.84. The molecule has 0 aliphatic rings. The van der Waals surface area contributed by atoms with Gasteiger partial charge in [0.15, 0.2) is 0 Å². The molecule has 4 heteroatoms. The third-order valence-electron chi connectivity index (χ3n) is 4.03. The molecule has 126 valence electrons. The minimum Gasteiger partial charge on any atom is -0.340 e. The molecule has 0 fully saturated rings. The van der Waals surface area contributed by atoms with E-state index in [0.29, 0.717) is 0 Å². The maximum Gasteiger partial charge on any atom is 0.141 e. The molecule has 0 saturated carbocycles. The van der Waals surface area contributed by atoms with Crippen molar-refractivity contribution in [2.24, 2.45) is 0 Å². The number of allylic oxidation sites excluding steroid dienone is 1. The molecular weight excluding hydrogens is 313 g/mol. The molecule has 1 heterocycles. The predicted octanol–water partition coefficient (Wildman–Crippen LogP) is 5.43. The fraction of sp³-hybridized carbons (Fsp3) is 0.143. The van der Waals surface area contributed by atoms with Crippen molar-refractivity contribution in [2.45, 2.75) is 20.8 Å². The molecule has 0 radical (unpaired) electrons. The Hall–Kier alpha value is -3.01. The first-order chi connectivity index (χ1) is 12.1. The van der Waals surface area contributed by atoms with Crippen LogP contribution in [0.25, 0.3) is 5.57 Å². The van der Waals surface area contributed by atoms with Crippen molar-refractivity contribution in [3.05, 3.63) is 89.1 Å². The average Bonchev–Trinajstić information content (AvgIpc) is 2.59. The highest BCUT2D eigenvalue weighted by Gasteiger charge is 2.15. The van der Waals surface area contributed by atoms with Crippen LogP contribution < -0.4 is 5.32 Å². The molecule has 1 aromatic heterocycles. The Labute approximate surface area is 147 Å². The Balaban J connectivity index is 2.07. The zero-order valence-corrected chi connectivity index (χ0v) is 14.5. The lowest BCUT2D eigenvalue weighted by atomic mass is 9.96. The predicted molar refractivity (Wildman–Crippen MR) is 100 cm³/mol. The zero-order valence-electron chi connectivity index (χ0n) is 14.5. The molecule has 0 bridgehead atoms. The van der Waals surface area contributed by atoms with Crippen LogP contribution in [0.15, 0.2) is 60.9 Å². The molecule has 0 amide bonds. The Morgan fingerprint density at radius 2 is 1.80 bits per heavy atom. The Kier molecular flexibility index (Phi) is 4.89. The number of hydrogen-bond donors (Lipinski definition) is 1. The minimum atomic E-state index is -0.252. The highest BCUT2D eigenvalue weighted by atomic mass is 19.1. The summed E-state index contributed by atoms with van der Waals surface area (Å²) in [6.45, 7) is 5.96. The number of nitrogens with zero attached hydrogens (tertiary/aromatic N) is 2. The zero-order chi connectivity index (χ0) is 17.8. The summed E-state index contributed by atoms with van der Waals surface area (Å²) in [5, 5.41) is 3.38. The van der Waals surface area contributed by atoms with Gasteiger partial charge in [-0.25, -0.2) is 14.4 Å². The molecule has 0 aliphatic carbocycles. The van der Waals surface area contributed by atoms with Crippen molar-refractivity contribution in [1.82, 2.24) is 9.97 Å². The van der Waals surface area contributed by atoms with Crippen molar-refractivity contribution < 1.29 is 4.39 Å². The average molecular weight is 333 g/mol. The van der Waals surface area contributed by atoms with Gasteiger partial charge in [-0.3, -0.25) is 0 Å². The van der Waals surface area contributed by atoms with Gasteiger partial charge in [-0.2, -0.15) is 0 Å². The van der Waals surface area contributed by atoms with Crippen LogP contribution in [0.3, 0.4) is 0 Å². The lowest BCUT2D eigenvalue weighted by Gasteiger charge is -2.16. The first-order valence-corrected chi connectivity index (χ1v) is 8.16. The van der Waals surface area contributed by atoms with Crippen molar-refractivity contribution in [1.29, 1.82) is 0 Å². The van der Waals surface area contributed by atoms with E-state index in [2.05, 4.69) is 21.4 Å². The summed E-state index contributed by atoms with van der Waals surface area (Å²) in [5.41, 5.74) is 5.80. The van der Waals surface area contributed by atoms with Crippen LogP contribution in [0, 0.1) is 19.7 Å². The summed E-state index contributed by atoms with van der Waals surface area (Å²) >= 11 is 0. The number of anilines is 2. The Morgan fingerprint density at radius 1 is 1.04 bits per heavy atom. The van der Waals surface area contributed by atoms with Crippen LogP contribution in [-0.4, -0.2) is 9.97 Å². The lowest BCUT2D eigenvalue weighted by Crippen LogP contribution is -2.04. The van der Waals surface area contributed by atoms with Crippen LogP contribution in [0.1, 0.15) is 29.3 Å². The quantitative estimate of drug-likeness (QED) is 0.692. The van der Waals surface area contributed by atoms with Gasteiger partial charge in [0.1, 0.15) is 18.0 Å². The van der Waals surface area contributed by atoms with Gasteiger partial charge >= 0.3 is 0 Å². The number of benzene rings is 2. The Morgan fingerprint density at radius 3 is 2.48 bits per heavy atom. The Bertz CT molecular complexity index is 915. The van der Waals surface area contributed by atoms with E-state index in [4.69, 9.17) is 0 Å². The number of nitrogens with one attached hydrogen (secondary N) is 1. The van der Waals surface area contributed by atoms with Gasteiger partial charge in [-0.1, -0.05) is 30.3 Å². The smallest absolute Gasteiger partial charge is 0.141 e. The van der Waals surface area contributed by atoms with Gasteiger partial charge in [0.25, 0.3) is 0 Å². The molecule has 3 aromatic rings. The highest BCUT2D eigenvalue weighted by molar-refractivity contribution is 5.87. The van der Waals surface area contributed by atoms with Crippen molar-refractivity contribution in [3.8, 4) is 0 Å². The third kappa shape index (κ3) is 3.74. The van der Waals surface area contributed by atoms with Gasteiger partial charge < -0.3 is 5.32 Å². The molecule has 0 unspecified atom stereocenters. The van der Waals surface area contributed by atoms with Crippen LogP contribution in [0.5, 0.6) is 0 Å². The second kappa shape index (κ2) is 7.26. The molecule has 3 rings (SSSR count). The summed E-state index contributed by atoms with van der Waals surface area (Å²) < 4.78 is 13.3. The van der Waals surface area contributed by atoms with Crippen LogP contribution in [0.4, 0.5) is 15.9 Å². The topological polar surface area (TPSA) is 37.8 Å². The van der Waals surface area contributed by atoms with Crippen molar-refractivity contribution >= 4 is 17.1 Å². The van der Waals surface area contributed by atoms with E-state index < -0.39 is 0 Å². The highest BCUT2D eigenvalue weighted by Crippen LogP contribution is 2.31. The standard InChI is InChI=1S/C21H20FN3/c1-4-19(16-8-10-17(22)11-9-16)20-15(3)23-13-24-21(20)25-18-7-5-6-14(2)12-18/h4-13H,1-3H3,(H,23,24,25). The molecule has 0 aliphatic heterocycles. The number of halogens is 1.